The number of methoxy groups -OCH3 is 1. The van der Waals surface area contributed by atoms with E-state index in [2.05, 4.69) is 44.6 Å². The predicted molar refractivity (Wildman–Crippen MR) is 90.7 cm³/mol. The Kier molecular flexibility index (Phi) is 4.52. The lowest BCUT2D eigenvalue weighted by Gasteiger charge is -2.04. The van der Waals surface area contributed by atoms with Crippen molar-refractivity contribution in [2.24, 2.45) is 0 Å². The summed E-state index contributed by atoms with van der Waals surface area (Å²) in [6.45, 7) is 1.92. The molecule has 6 heteroatoms. The zero-order valence-electron chi connectivity index (χ0n) is 10.3. The number of rotatable bonds is 2. The fraction of sp³-hybridized carbons (Fsp3) is 0.154. The molecule has 19 heavy (non-hydrogen) atoms. The van der Waals surface area contributed by atoms with Crippen molar-refractivity contribution in [1.29, 1.82) is 0 Å². The Morgan fingerprint density at radius 3 is 2.79 bits per heavy atom. The van der Waals surface area contributed by atoms with Gasteiger partial charge in [0.15, 0.2) is 0 Å². The van der Waals surface area contributed by atoms with Crippen LogP contribution in [0.2, 0.25) is 0 Å². The molecule has 0 amide bonds. The molecule has 2 N–H and O–H groups in total. The van der Waals surface area contributed by atoms with Gasteiger partial charge in [-0.3, -0.25) is 0 Å². The van der Waals surface area contributed by atoms with Crippen LogP contribution in [-0.4, -0.2) is 13.1 Å². The molecule has 2 rings (SSSR count). The molecule has 0 fully saturated rings. The Bertz CT molecular complexity index is 654. The van der Waals surface area contributed by atoms with Crippen molar-refractivity contribution in [3.63, 3.8) is 0 Å². The zero-order valence-corrected chi connectivity index (χ0v) is 14.9. The molecular formula is C13H11BrINO2S. The molecule has 0 saturated heterocycles. The number of hydrogen-bond acceptors (Lipinski definition) is 4. The van der Waals surface area contributed by atoms with E-state index in [0.717, 1.165) is 24.0 Å². The van der Waals surface area contributed by atoms with Crippen LogP contribution in [0, 0.1) is 10.5 Å². The molecule has 3 nitrogen and oxygen atoms in total. The third-order valence-electron chi connectivity index (χ3n) is 2.74. The highest BCUT2D eigenvalue weighted by Crippen LogP contribution is 2.41. The second-order valence-electron chi connectivity index (χ2n) is 3.91. The van der Waals surface area contributed by atoms with E-state index >= 15 is 0 Å². The number of thiophene rings is 1. The molecule has 0 saturated carbocycles. The minimum Gasteiger partial charge on any atom is -0.465 e. The number of nitrogens with two attached hydrogens (primary N) is 1. The lowest BCUT2D eigenvalue weighted by Crippen LogP contribution is -2.01. The molecule has 0 atom stereocenters. The maximum atomic E-state index is 11.7. The lowest BCUT2D eigenvalue weighted by molar-refractivity contribution is 0.0607. The monoisotopic (exact) mass is 451 g/mol. The first-order chi connectivity index (χ1) is 8.95. The Morgan fingerprint density at radius 2 is 2.16 bits per heavy atom. The van der Waals surface area contributed by atoms with Crippen LogP contribution in [0.5, 0.6) is 0 Å². The van der Waals surface area contributed by atoms with Crippen molar-refractivity contribution < 1.29 is 9.53 Å². The minimum atomic E-state index is -0.390. The first kappa shape index (κ1) is 14.8. The normalized spacial score (nSPS) is 10.5. The van der Waals surface area contributed by atoms with E-state index in [0.29, 0.717) is 10.6 Å². The van der Waals surface area contributed by atoms with Crippen LogP contribution in [0.15, 0.2) is 22.7 Å². The van der Waals surface area contributed by atoms with Gasteiger partial charge in [-0.15, -0.1) is 11.3 Å². The number of halogens is 2. The molecule has 0 aliphatic rings. The maximum Gasteiger partial charge on any atom is 0.350 e. The standard InChI is InChI=1S/C13H11BrINO2S/c1-6-10(16)12(13(17)18-2)19-11(6)8-5-7(15)3-4-9(8)14/h3-5H,16H2,1-2H3. The summed E-state index contributed by atoms with van der Waals surface area (Å²) in [6, 6.07) is 6.07. The molecule has 0 aliphatic heterocycles. The van der Waals surface area contributed by atoms with Crippen molar-refractivity contribution in [2.75, 3.05) is 12.8 Å². The van der Waals surface area contributed by atoms with Gasteiger partial charge < -0.3 is 10.5 Å². The molecule has 0 spiro atoms. The number of hydrogen-bond donors (Lipinski definition) is 1. The Hall–Kier alpha value is -0.600. The average Bonchev–Trinajstić information content (AvgIpc) is 2.69. The van der Waals surface area contributed by atoms with Gasteiger partial charge in [0.1, 0.15) is 4.88 Å². The quantitative estimate of drug-likeness (QED) is 0.541. The molecule has 100 valence electrons. The number of carbonyl (C=O) groups is 1. The van der Waals surface area contributed by atoms with Crippen molar-refractivity contribution in [3.8, 4) is 10.4 Å². The number of ether oxygens (including phenoxy) is 1. The summed E-state index contributed by atoms with van der Waals surface area (Å²) < 4.78 is 6.86. The van der Waals surface area contributed by atoms with Gasteiger partial charge in [0.05, 0.1) is 12.8 Å². The molecule has 1 aromatic heterocycles. The third-order valence-corrected chi connectivity index (χ3v) is 5.42. The average molecular weight is 452 g/mol. The summed E-state index contributed by atoms with van der Waals surface area (Å²) in [5.74, 6) is -0.390. The van der Waals surface area contributed by atoms with E-state index in [1.807, 2.05) is 19.1 Å². The second kappa shape index (κ2) is 5.80. The van der Waals surface area contributed by atoms with Crippen LogP contribution in [0.4, 0.5) is 5.69 Å². The van der Waals surface area contributed by atoms with Crippen molar-refractivity contribution in [1.82, 2.24) is 0 Å². The van der Waals surface area contributed by atoms with E-state index in [-0.39, 0.29) is 0 Å². The summed E-state index contributed by atoms with van der Waals surface area (Å²) in [4.78, 5) is 13.1. The SMILES string of the molecule is COC(=O)c1sc(-c2cc(I)ccc2Br)c(C)c1N. The molecule has 2 aromatic rings. The summed E-state index contributed by atoms with van der Waals surface area (Å²) in [5.41, 5.74) is 8.44. The van der Waals surface area contributed by atoms with Crippen LogP contribution < -0.4 is 5.73 Å². The van der Waals surface area contributed by atoms with E-state index in [1.165, 1.54) is 18.4 Å². The van der Waals surface area contributed by atoms with Crippen LogP contribution >= 0.6 is 49.9 Å². The van der Waals surface area contributed by atoms with E-state index < -0.39 is 5.97 Å². The smallest absolute Gasteiger partial charge is 0.350 e. The van der Waals surface area contributed by atoms with E-state index in [1.54, 1.807) is 0 Å². The number of esters is 1. The molecular weight excluding hydrogens is 441 g/mol. The van der Waals surface area contributed by atoms with Crippen LogP contribution in [0.3, 0.4) is 0 Å². The molecule has 0 aliphatic carbocycles. The van der Waals surface area contributed by atoms with Crippen molar-refractivity contribution >= 4 is 61.5 Å². The van der Waals surface area contributed by atoms with Gasteiger partial charge in [0, 0.05) is 18.5 Å². The van der Waals surface area contributed by atoms with E-state index in [9.17, 15) is 4.79 Å². The first-order valence-corrected chi connectivity index (χ1v) is 8.07. The van der Waals surface area contributed by atoms with Crippen molar-refractivity contribution in [3.05, 3.63) is 36.7 Å². The maximum absolute atomic E-state index is 11.7. The highest BCUT2D eigenvalue weighted by atomic mass is 127. The fourth-order valence-corrected chi connectivity index (χ4v) is 3.94. The topological polar surface area (TPSA) is 52.3 Å². The highest BCUT2D eigenvalue weighted by molar-refractivity contribution is 14.1. The fourth-order valence-electron chi connectivity index (χ4n) is 1.70. The molecule has 1 aromatic carbocycles. The summed E-state index contributed by atoms with van der Waals surface area (Å²) >= 11 is 7.16. The third kappa shape index (κ3) is 2.80. The van der Waals surface area contributed by atoms with Gasteiger partial charge in [0.25, 0.3) is 0 Å². The zero-order chi connectivity index (χ0) is 14.2. The minimum absolute atomic E-state index is 0.390. The van der Waals surface area contributed by atoms with Crippen LogP contribution in [0.25, 0.3) is 10.4 Å². The van der Waals surface area contributed by atoms with Gasteiger partial charge in [0.2, 0.25) is 0 Å². The summed E-state index contributed by atoms with van der Waals surface area (Å²) in [7, 11) is 1.36. The van der Waals surface area contributed by atoms with Gasteiger partial charge in [-0.2, -0.15) is 0 Å². The molecule has 0 radical (unpaired) electrons. The number of anilines is 1. The second-order valence-corrected chi connectivity index (χ2v) is 7.04. The predicted octanol–water partition coefficient (Wildman–Crippen LogP) is 4.46. The lowest BCUT2D eigenvalue weighted by atomic mass is 10.1. The van der Waals surface area contributed by atoms with Gasteiger partial charge in [-0.25, -0.2) is 4.79 Å². The van der Waals surface area contributed by atoms with Crippen molar-refractivity contribution in [2.45, 2.75) is 6.92 Å². The van der Waals surface area contributed by atoms with Gasteiger partial charge >= 0.3 is 5.97 Å². The number of carbonyl (C=O) groups excluding carboxylic acids is 1. The number of nitrogen functional groups attached to an aromatic ring is 1. The molecule has 0 bridgehead atoms. The molecule has 1 heterocycles. The van der Waals surface area contributed by atoms with Gasteiger partial charge in [-0.05, 0) is 53.3 Å². The molecule has 0 unspecified atom stereocenters. The summed E-state index contributed by atoms with van der Waals surface area (Å²) in [5, 5.41) is 0. The Labute approximate surface area is 137 Å². The highest BCUT2D eigenvalue weighted by Gasteiger charge is 2.21. The van der Waals surface area contributed by atoms with Gasteiger partial charge in [-0.1, -0.05) is 15.9 Å². The van der Waals surface area contributed by atoms with Crippen LogP contribution in [0.1, 0.15) is 15.2 Å². The first-order valence-electron chi connectivity index (χ1n) is 5.38. The largest absolute Gasteiger partial charge is 0.465 e. The Balaban J connectivity index is 2.63. The van der Waals surface area contributed by atoms with E-state index in [4.69, 9.17) is 10.5 Å². The number of benzene rings is 1. The van der Waals surface area contributed by atoms with Crippen LogP contribution in [-0.2, 0) is 4.74 Å². The Morgan fingerprint density at radius 1 is 1.47 bits per heavy atom. The summed E-state index contributed by atoms with van der Waals surface area (Å²) in [6.07, 6.45) is 0.